The van der Waals surface area contributed by atoms with Crippen LogP contribution in [0.25, 0.3) is 0 Å². The van der Waals surface area contributed by atoms with Crippen molar-refractivity contribution in [2.24, 2.45) is 17.6 Å². The van der Waals surface area contributed by atoms with Crippen LogP contribution >= 0.6 is 12.2 Å². The number of thiocarbonyl (C=S) groups is 1. The van der Waals surface area contributed by atoms with Crippen LogP contribution in [0.1, 0.15) is 52.4 Å². The second kappa shape index (κ2) is 8.29. The van der Waals surface area contributed by atoms with Crippen LogP contribution < -0.4 is 5.73 Å². The molecule has 0 saturated heterocycles. The Balaban J connectivity index is 2.66. The van der Waals surface area contributed by atoms with E-state index < -0.39 is 10.0 Å². The van der Waals surface area contributed by atoms with Crippen molar-refractivity contribution in [1.82, 2.24) is 4.31 Å². The Morgan fingerprint density at radius 3 is 2.40 bits per heavy atom. The summed E-state index contributed by atoms with van der Waals surface area (Å²) in [4.78, 5) is 0.381. The molecule has 0 amide bonds. The van der Waals surface area contributed by atoms with Crippen LogP contribution in [0.3, 0.4) is 0 Å². The van der Waals surface area contributed by atoms with Gasteiger partial charge in [0, 0.05) is 19.5 Å². The average molecular weight is 321 g/mol. The van der Waals surface area contributed by atoms with Crippen molar-refractivity contribution >= 4 is 27.2 Å². The summed E-state index contributed by atoms with van der Waals surface area (Å²) in [6.07, 6.45) is 6.13. The summed E-state index contributed by atoms with van der Waals surface area (Å²) < 4.78 is 26.8. The van der Waals surface area contributed by atoms with Crippen molar-refractivity contribution in [3.05, 3.63) is 0 Å². The van der Waals surface area contributed by atoms with E-state index in [0.29, 0.717) is 36.3 Å². The van der Waals surface area contributed by atoms with Gasteiger partial charge in [0.2, 0.25) is 10.0 Å². The lowest BCUT2D eigenvalue weighted by Gasteiger charge is -2.28. The highest BCUT2D eigenvalue weighted by atomic mass is 32.2. The normalized spacial score (nSPS) is 17.8. The quantitative estimate of drug-likeness (QED) is 0.698. The number of sulfonamides is 1. The maximum absolute atomic E-state index is 12.6. The van der Waals surface area contributed by atoms with Crippen molar-refractivity contribution in [2.75, 3.05) is 18.8 Å². The summed E-state index contributed by atoms with van der Waals surface area (Å²) in [5.74, 6) is 0.924. The van der Waals surface area contributed by atoms with E-state index in [9.17, 15) is 8.42 Å². The molecule has 0 unspecified atom stereocenters. The van der Waals surface area contributed by atoms with Crippen molar-refractivity contribution in [3.63, 3.8) is 0 Å². The molecule has 1 aliphatic carbocycles. The first-order valence-corrected chi connectivity index (χ1v) is 9.59. The van der Waals surface area contributed by atoms with Crippen LogP contribution in [0.15, 0.2) is 0 Å². The Labute approximate surface area is 129 Å². The molecule has 1 rings (SSSR count). The van der Waals surface area contributed by atoms with Gasteiger partial charge in [-0.3, -0.25) is 0 Å². The van der Waals surface area contributed by atoms with Crippen LogP contribution in [-0.4, -0.2) is 36.6 Å². The summed E-state index contributed by atoms with van der Waals surface area (Å²) in [6.45, 7) is 5.04. The minimum absolute atomic E-state index is 0.289. The Morgan fingerprint density at radius 2 is 1.90 bits per heavy atom. The maximum Gasteiger partial charge on any atom is 0.214 e. The Bertz CT molecular complexity index is 401. The van der Waals surface area contributed by atoms with Crippen molar-refractivity contribution < 1.29 is 8.42 Å². The van der Waals surface area contributed by atoms with Crippen LogP contribution in [0, 0.1) is 11.8 Å². The number of rotatable bonds is 8. The lowest BCUT2D eigenvalue weighted by atomic mass is 9.91. The lowest BCUT2D eigenvalue weighted by Crippen LogP contribution is -2.39. The molecule has 0 aliphatic heterocycles. The molecule has 0 aromatic heterocycles. The zero-order chi connectivity index (χ0) is 15.2. The standard InChI is InChI=1S/C14H28N2O2S2/c1-12(2)10-16(9-8-14(15)19)20(17,18)11-13-6-4-3-5-7-13/h12-13H,3-11H2,1-2H3,(H2,15,19). The Morgan fingerprint density at radius 1 is 1.30 bits per heavy atom. The van der Waals surface area contributed by atoms with Crippen LogP contribution in [-0.2, 0) is 10.0 Å². The van der Waals surface area contributed by atoms with Crippen molar-refractivity contribution in [2.45, 2.75) is 52.4 Å². The molecular weight excluding hydrogens is 292 g/mol. The van der Waals surface area contributed by atoms with Gasteiger partial charge in [0.25, 0.3) is 0 Å². The third kappa shape index (κ3) is 6.50. The number of nitrogens with two attached hydrogens (primary N) is 1. The molecule has 6 heteroatoms. The highest BCUT2D eigenvalue weighted by molar-refractivity contribution is 7.89. The molecule has 1 saturated carbocycles. The van der Waals surface area contributed by atoms with Gasteiger partial charge in [0.15, 0.2) is 0 Å². The minimum Gasteiger partial charge on any atom is -0.393 e. The third-order valence-electron chi connectivity index (χ3n) is 3.74. The van der Waals surface area contributed by atoms with Crippen LogP contribution in [0.5, 0.6) is 0 Å². The van der Waals surface area contributed by atoms with E-state index in [-0.39, 0.29) is 5.75 Å². The number of nitrogens with zero attached hydrogens (tertiary/aromatic N) is 1. The van der Waals surface area contributed by atoms with E-state index in [2.05, 4.69) is 0 Å². The van der Waals surface area contributed by atoms with E-state index in [4.69, 9.17) is 18.0 Å². The van der Waals surface area contributed by atoms with Crippen molar-refractivity contribution in [1.29, 1.82) is 0 Å². The SMILES string of the molecule is CC(C)CN(CCC(N)=S)S(=O)(=O)CC1CCCCC1. The fourth-order valence-electron chi connectivity index (χ4n) is 2.74. The molecule has 1 aliphatic rings. The Hall–Kier alpha value is -0.200. The molecule has 118 valence electrons. The molecule has 0 aromatic carbocycles. The molecule has 20 heavy (non-hydrogen) atoms. The summed E-state index contributed by atoms with van der Waals surface area (Å²) in [6, 6.07) is 0. The fourth-order valence-corrected chi connectivity index (χ4v) is 4.87. The van der Waals surface area contributed by atoms with Gasteiger partial charge in [-0.05, 0) is 24.7 Å². The summed E-state index contributed by atoms with van der Waals surface area (Å²) in [7, 11) is -3.19. The summed E-state index contributed by atoms with van der Waals surface area (Å²) in [5, 5.41) is 0. The zero-order valence-corrected chi connectivity index (χ0v) is 14.3. The molecule has 2 N–H and O–H groups in total. The lowest BCUT2D eigenvalue weighted by molar-refractivity contribution is 0.351. The van der Waals surface area contributed by atoms with Crippen molar-refractivity contribution in [3.8, 4) is 0 Å². The first-order valence-electron chi connectivity index (χ1n) is 7.57. The molecule has 4 nitrogen and oxygen atoms in total. The molecular formula is C14H28N2O2S2. The molecule has 0 heterocycles. The van der Waals surface area contributed by atoms with Gasteiger partial charge in [0.1, 0.15) is 0 Å². The molecule has 1 fully saturated rings. The molecule has 0 atom stereocenters. The fraction of sp³-hybridized carbons (Fsp3) is 0.929. The second-order valence-electron chi connectivity index (χ2n) is 6.25. The first-order chi connectivity index (χ1) is 9.31. The predicted octanol–water partition coefficient (Wildman–Crippen LogP) is 2.53. The zero-order valence-electron chi connectivity index (χ0n) is 12.7. The van der Waals surface area contributed by atoms with E-state index >= 15 is 0 Å². The topological polar surface area (TPSA) is 63.4 Å². The minimum atomic E-state index is -3.19. The molecule has 0 aromatic rings. The molecule has 0 radical (unpaired) electrons. The van der Waals surface area contributed by atoms with Gasteiger partial charge in [0.05, 0.1) is 10.7 Å². The molecule has 0 spiro atoms. The second-order valence-corrected chi connectivity index (χ2v) is 8.79. The largest absolute Gasteiger partial charge is 0.393 e. The monoisotopic (exact) mass is 320 g/mol. The highest BCUT2D eigenvalue weighted by Gasteiger charge is 2.27. The van der Waals surface area contributed by atoms with E-state index in [0.717, 1.165) is 25.7 Å². The third-order valence-corrected chi connectivity index (χ3v) is 5.96. The van der Waals surface area contributed by atoms with Crippen LogP contribution in [0.4, 0.5) is 0 Å². The Kier molecular flexibility index (Phi) is 7.40. The average Bonchev–Trinajstić information content (AvgIpc) is 2.34. The number of hydrogen-bond donors (Lipinski definition) is 1. The van der Waals surface area contributed by atoms with Gasteiger partial charge in [-0.15, -0.1) is 0 Å². The van der Waals surface area contributed by atoms with E-state index in [1.807, 2.05) is 13.8 Å². The predicted molar refractivity (Wildman–Crippen MR) is 88.2 cm³/mol. The van der Waals surface area contributed by atoms with Gasteiger partial charge in [-0.1, -0.05) is 45.3 Å². The van der Waals surface area contributed by atoms with Gasteiger partial charge >= 0.3 is 0 Å². The van der Waals surface area contributed by atoms with E-state index in [1.165, 1.54) is 6.42 Å². The highest BCUT2D eigenvalue weighted by Crippen LogP contribution is 2.26. The van der Waals surface area contributed by atoms with Gasteiger partial charge in [-0.2, -0.15) is 0 Å². The van der Waals surface area contributed by atoms with Crippen LogP contribution in [0.2, 0.25) is 0 Å². The summed E-state index contributed by atoms with van der Waals surface area (Å²) >= 11 is 4.87. The number of hydrogen-bond acceptors (Lipinski definition) is 3. The van der Waals surface area contributed by atoms with Gasteiger partial charge in [-0.25, -0.2) is 12.7 Å². The van der Waals surface area contributed by atoms with E-state index in [1.54, 1.807) is 4.31 Å². The maximum atomic E-state index is 12.6. The molecule has 0 bridgehead atoms. The van der Waals surface area contributed by atoms with Gasteiger partial charge < -0.3 is 5.73 Å². The first kappa shape index (κ1) is 17.9. The summed E-state index contributed by atoms with van der Waals surface area (Å²) in [5.41, 5.74) is 5.51. The smallest absolute Gasteiger partial charge is 0.214 e.